The molecule has 0 radical (unpaired) electrons. The van der Waals surface area contributed by atoms with Crippen LogP contribution >= 0.6 is 0 Å². The standard InChI is InChI=1S/C16H28N2O3S/c1-12(2)5-4-8-18-10-14-13(9-17-22(3,19)20)15-6-7-16(14,11-18)21-15/h5,13-15,17H,4,6-11H2,1-3H3/t13-,14+,15+,16+/m0/s1. The van der Waals surface area contributed by atoms with E-state index >= 15 is 0 Å². The number of sulfonamides is 1. The minimum atomic E-state index is -3.12. The van der Waals surface area contributed by atoms with Crippen LogP contribution in [0.3, 0.4) is 0 Å². The molecule has 3 saturated heterocycles. The van der Waals surface area contributed by atoms with Gasteiger partial charge in [0.25, 0.3) is 0 Å². The van der Waals surface area contributed by atoms with E-state index < -0.39 is 10.0 Å². The number of hydrogen-bond donors (Lipinski definition) is 1. The molecular formula is C16H28N2O3S. The minimum Gasteiger partial charge on any atom is -0.370 e. The van der Waals surface area contributed by atoms with Gasteiger partial charge in [-0.1, -0.05) is 11.6 Å². The van der Waals surface area contributed by atoms with Gasteiger partial charge in [-0.2, -0.15) is 0 Å². The fourth-order valence-corrected chi connectivity index (χ4v) is 5.01. The summed E-state index contributed by atoms with van der Waals surface area (Å²) in [6, 6.07) is 0. The van der Waals surface area contributed by atoms with Crippen molar-refractivity contribution in [2.24, 2.45) is 11.8 Å². The zero-order chi connectivity index (χ0) is 16.0. The number of nitrogens with zero attached hydrogens (tertiary/aromatic N) is 1. The molecule has 0 aromatic rings. The van der Waals surface area contributed by atoms with Crippen LogP contribution in [-0.4, -0.2) is 57.5 Å². The smallest absolute Gasteiger partial charge is 0.208 e. The van der Waals surface area contributed by atoms with E-state index in [9.17, 15) is 8.42 Å². The van der Waals surface area contributed by atoms with Crippen molar-refractivity contribution in [2.45, 2.75) is 44.8 Å². The molecule has 0 aliphatic carbocycles. The topological polar surface area (TPSA) is 58.6 Å². The van der Waals surface area contributed by atoms with Crippen LogP contribution in [0, 0.1) is 11.8 Å². The lowest BCUT2D eigenvalue weighted by molar-refractivity contribution is 0.00298. The Hall–Kier alpha value is -0.430. The average molecular weight is 328 g/mol. The van der Waals surface area contributed by atoms with Gasteiger partial charge in [-0.3, -0.25) is 4.90 Å². The molecule has 126 valence electrons. The Morgan fingerprint density at radius 3 is 2.91 bits per heavy atom. The fourth-order valence-electron chi connectivity index (χ4n) is 4.51. The SMILES string of the molecule is CC(C)=CCCN1C[C@@H]2[C@H](CNS(C)(=O)=O)[C@H]3CC[C@]2(C1)O3. The van der Waals surface area contributed by atoms with E-state index in [1.54, 1.807) is 0 Å². The Morgan fingerprint density at radius 1 is 1.45 bits per heavy atom. The van der Waals surface area contributed by atoms with E-state index in [0.29, 0.717) is 18.4 Å². The molecule has 3 heterocycles. The van der Waals surface area contributed by atoms with Crippen molar-refractivity contribution in [1.29, 1.82) is 0 Å². The summed E-state index contributed by atoms with van der Waals surface area (Å²) in [6.45, 7) is 7.93. The molecule has 3 aliphatic rings. The molecule has 1 spiro atoms. The second kappa shape index (κ2) is 5.89. The van der Waals surface area contributed by atoms with Crippen molar-refractivity contribution in [3.8, 4) is 0 Å². The predicted octanol–water partition coefficient (Wildman–Crippen LogP) is 1.37. The van der Waals surface area contributed by atoms with Gasteiger partial charge in [0.05, 0.1) is 18.0 Å². The third-order valence-corrected chi connectivity index (χ3v) is 6.12. The normalized spacial score (nSPS) is 37.5. The lowest BCUT2D eigenvalue weighted by Crippen LogP contribution is -2.41. The number of nitrogens with one attached hydrogen (secondary N) is 1. The van der Waals surface area contributed by atoms with Crippen molar-refractivity contribution in [2.75, 3.05) is 32.4 Å². The molecule has 2 bridgehead atoms. The number of fused-ring (bicyclic) bond motifs is 1. The maximum absolute atomic E-state index is 11.4. The van der Waals surface area contributed by atoms with E-state index in [-0.39, 0.29) is 11.7 Å². The van der Waals surface area contributed by atoms with Crippen LogP contribution in [0.5, 0.6) is 0 Å². The van der Waals surface area contributed by atoms with E-state index in [1.807, 2.05) is 0 Å². The highest BCUT2D eigenvalue weighted by atomic mass is 32.2. The van der Waals surface area contributed by atoms with Gasteiger partial charge in [0.15, 0.2) is 0 Å². The fraction of sp³-hybridized carbons (Fsp3) is 0.875. The highest BCUT2D eigenvalue weighted by Crippen LogP contribution is 2.54. The van der Waals surface area contributed by atoms with Crippen molar-refractivity contribution in [3.63, 3.8) is 0 Å². The molecule has 1 N–H and O–H groups in total. The zero-order valence-electron chi connectivity index (χ0n) is 13.8. The monoisotopic (exact) mass is 328 g/mol. The minimum absolute atomic E-state index is 0.000506. The van der Waals surface area contributed by atoms with Gasteiger partial charge >= 0.3 is 0 Å². The molecule has 3 rings (SSSR count). The third kappa shape index (κ3) is 3.25. The quantitative estimate of drug-likeness (QED) is 0.748. The molecule has 0 amide bonds. The Morgan fingerprint density at radius 2 is 2.23 bits per heavy atom. The van der Waals surface area contributed by atoms with Crippen molar-refractivity contribution in [3.05, 3.63) is 11.6 Å². The van der Waals surface area contributed by atoms with E-state index in [2.05, 4.69) is 29.5 Å². The zero-order valence-corrected chi connectivity index (χ0v) is 14.7. The van der Waals surface area contributed by atoms with Crippen molar-refractivity contribution < 1.29 is 13.2 Å². The van der Waals surface area contributed by atoms with Crippen molar-refractivity contribution >= 4 is 10.0 Å². The summed E-state index contributed by atoms with van der Waals surface area (Å²) in [7, 11) is -3.12. The summed E-state index contributed by atoms with van der Waals surface area (Å²) in [5, 5.41) is 0. The van der Waals surface area contributed by atoms with E-state index in [0.717, 1.165) is 38.9 Å². The van der Waals surface area contributed by atoms with Crippen LogP contribution in [0.25, 0.3) is 0 Å². The number of likely N-dealkylation sites (tertiary alicyclic amines) is 1. The second-order valence-electron chi connectivity index (χ2n) is 7.46. The van der Waals surface area contributed by atoms with Crippen LogP contribution in [0.15, 0.2) is 11.6 Å². The predicted molar refractivity (Wildman–Crippen MR) is 87.2 cm³/mol. The molecular weight excluding hydrogens is 300 g/mol. The first kappa shape index (κ1) is 16.4. The van der Waals surface area contributed by atoms with Gasteiger partial charge in [-0.25, -0.2) is 13.1 Å². The number of ether oxygens (including phenoxy) is 1. The first-order valence-corrected chi connectivity index (χ1v) is 10.2. The van der Waals surface area contributed by atoms with Crippen LogP contribution in [0.2, 0.25) is 0 Å². The number of hydrogen-bond acceptors (Lipinski definition) is 4. The lowest BCUT2D eigenvalue weighted by Gasteiger charge is -2.29. The van der Waals surface area contributed by atoms with Gasteiger partial charge in [0, 0.05) is 38.0 Å². The summed E-state index contributed by atoms with van der Waals surface area (Å²) < 4.78 is 31.8. The average Bonchev–Trinajstić information content (AvgIpc) is 3.01. The van der Waals surface area contributed by atoms with Crippen LogP contribution in [0.1, 0.15) is 33.1 Å². The molecule has 22 heavy (non-hydrogen) atoms. The number of allylic oxidation sites excluding steroid dienone is 1. The maximum Gasteiger partial charge on any atom is 0.208 e. The molecule has 4 atom stereocenters. The molecule has 3 aliphatic heterocycles. The molecule has 5 nitrogen and oxygen atoms in total. The van der Waals surface area contributed by atoms with Crippen LogP contribution < -0.4 is 4.72 Å². The molecule has 3 fully saturated rings. The molecule has 0 unspecified atom stereocenters. The maximum atomic E-state index is 11.4. The highest BCUT2D eigenvalue weighted by molar-refractivity contribution is 7.88. The van der Waals surface area contributed by atoms with E-state index in [1.165, 1.54) is 11.8 Å². The molecule has 6 heteroatoms. The van der Waals surface area contributed by atoms with Gasteiger partial charge in [0.1, 0.15) is 0 Å². The van der Waals surface area contributed by atoms with Gasteiger partial charge in [-0.15, -0.1) is 0 Å². The Bertz CT molecular complexity index is 556. The summed E-state index contributed by atoms with van der Waals surface area (Å²) in [5.74, 6) is 0.809. The summed E-state index contributed by atoms with van der Waals surface area (Å²) >= 11 is 0. The lowest BCUT2D eigenvalue weighted by atomic mass is 9.74. The van der Waals surface area contributed by atoms with E-state index in [4.69, 9.17) is 4.74 Å². The summed E-state index contributed by atoms with van der Waals surface area (Å²) in [4.78, 5) is 2.50. The molecule has 0 aromatic heterocycles. The first-order valence-electron chi connectivity index (χ1n) is 8.27. The van der Waals surface area contributed by atoms with Crippen LogP contribution in [0.4, 0.5) is 0 Å². The number of rotatable bonds is 6. The van der Waals surface area contributed by atoms with Gasteiger partial charge in [-0.05, 0) is 33.1 Å². The molecule has 0 aromatic carbocycles. The van der Waals surface area contributed by atoms with Crippen molar-refractivity contribution in [1.82, 2.24) is 9.62 Å². The summed E-state index contributed by atoms with van der Waals surface area (Å²) in [6.07, 6.45) is 7.06. The molecule has 0 saturated carbocycles. The Balaban J connectivity index is 1.62. The van der Waals surface area contributed by atoms with Gasteiger partial charge < -0.3 is 4.74 Å². The first-order chi connectivity index (χ1) is 10.3. The summed E-state index contributed by atoms with van der Waals surface area (Å²) in [5.41, 5.74) is 1.37. The van der Waals surface area contributed by atoms with Gasteiger partial charge in [0.2, 0.25) is 10.0 Å². The largest absolute Gasteiger partial charge is 0.370 e. The highest BCUT2D eigenvalue weighted by Gasteiger charge is 2.62. The third-order valence-electron chi connectivity index (χ3n) is 5.43. The second-order valence-corrected chi connectivity index (χ2v) is 9.29. The Labute approximate surface area is 134 Å². The van der Waals surface area contributed by atoms with Crippen LogP contribution in [-0.2, 0) is 14.8 Å². The Kier molecular flexibility index (Phi) is 4.40.